The van der Waals surface area contributed by atoms with E-state index in [0.717, 1.165) is 0 Å². The highest BCUT2D eigenvalue weighted by Crippen LogP contribution is 2.68. The molecule has 0 aliphatic heterocycles. The van der Waals surface area contributed by atoms with Gasteiger partial charge in [0.25, 0.3) is 0 Å². The van der Waals surface area contributed by atoms with E-state index in [1.807, 2.05) is 0 Å². The van der Waals surface area contributed by atoms with Crippen LogP contribution in [0.2, 0.25) is 0 Å². The number of halogens is 9. The van der Waals surface area contributed by atoms with Crippen molar-refractivity contribution in [2.24, 2.45) is 0 Å². The Morgan fingerprint density at radius 2 is 0.842 bits per heavy atom. The molecule has 0 spiro atoms. The van der Waals surface area contributed by atoms with Crippen LogP contribution < -0.4 is 0 Å². The molecule has 19 heavy (non-hydrogen) atoms. The molecule has 114 valence electrons. The third kappa shape index (κ3) is 1.29. The molecule has 2 unspecified atom stereocenters. The average Bonchev–Trinajstić information content (AvgIpc) is 2.24. The second kappa shape index (κ2) is 3.52. The smallest absolute Gasteiger partial charge is 0.236 e. The van der Waals surface area contributed by atoms with Crippen LogP contribution in [0.25, 0.3) is 0 Å². The van der Waals surface area contributed by atoms with Crippen molar-refractivity contribution in [2.75, 3.05) is 0 Å². The third-order valence-electron chi connectivity index (χ3n) is 3.94. The fraction of sp³-hybridized carbons (Fsp3) is 1.00. The summed E-state index contributed by atoms with van der Waals surface area (Å²) in [6.07, 6.45) is -1.46. The van der Waals surface area contributed by atoms with Crippen molar-refractivity contribution in [1.29, 1.82) is 0 Å². The Labute approximate surface area is 103 Å². The molecule has 0 N–H and O–H groups in total. The zero-order valence-electron chi connectivity index (χ0n) is 10.1. The Hall–Kier alpha value is -0.630. The largest absolute Gasteiger partial charge is 0.378 e. The quantitative estimate of drug-likeness (QED) is 0.626. The summed E-state index contributed by atoms with van der Waals surface area (Å²) in [5.74, 6) is -18.5. The first kappa shape index (κ1) is 16.4. The van der Waals surface area contributed by atoms with Gasteiger partial charge < -0.3 is 0 Å². The Morgan fingerprint density at radius 3 is 1.05 bits per heavy atom. The predicted octanol–water partition coefficient (Wildman–Crippen LogP) is 4.48. The SMILES string of the molecule is CCC1(F)C(C)(F)C(F)(F)C(F)(F)C(F)(F)C1(C)F. The van der Waals surface area contributed by atoms with Crippen LogP contribution in [-0.2, 0) is 0 Å². The summed E-state index contributed by atoms with van der Waals surface area (Å²) >= 11 is 0. The first-order valence-electron chi connectivity index (χ1n) is 5.26. The minimum atomic E-state index is -6.36. The van der Waals surface area contributed by atoms with Crippen LogP contribution in [-0.4, -0.2) is 34.8 Å². The van der Waals surface area contributed by atoms with Gasteiger partial charge >= 0.3 is 17.8 Å². The molecule has 0 heterocycles. The van der Waals surface area contributed by atoms with Crippen LogP contribution in [0, 0.1) is 0 Å². The maximum absolute atomic E-state index is 14.1. The maximum Gasteiger partial charge on any atom is 0.378 e. The highest BCUT2D eigenvalue weighted by molar-refractivity contribution is 5.29. The zero-order chi connectivity index (χ0) is 15.7. The summed E-state index contributed by atoms with van der Waals surface area (Å²) in [5.41, 5.74) is -14.1. The van der Waals surface area contributed by atoms with Crippen LogP contribution in [0.4, 0.5) is 39.5 Å². The fourth-order valence-corrected chi connectivity index (χ4v) is 2.39. The lowest BCUT2D eigenvalue weighted by Crippen LogP contribution is -2.84. The zero-order valence-corrected chi connectivity index (χ0v) is 10.1. The molecule has 9 heteroatoms. The molecule has 0 aromatic heterocycles. The molecule has 1 rings (SSSR count). The van der Waals surface area contributed by atoms with Crippen molar-refractivity contribution >= 4 is 0 Å². The van der Waals surface area contributed by atoms with E-state index in [4.69, 9.17) is 0 Å². The first-order valence-corrected chi connectivity index (χ1v) is 5.26. The van der Waals surface area contributed by atoms with E-state index < -0.39 is 41.2 Å². The van der Waals surface area contributed by atoms with E-state index in [1.165, 1.54) is 0 Å². The number of rotatable bonds is 1. The topological polar surface area (TPSA) is 0 Å². The predicted molar refractivity (Wildman–Crippen MR) is 48.0 cm³/mol. The summed E-state index contributed by atoms with van der Waals surface area (Å²) in [6, 6.07) is 0. The Bertz CT molecular complexity index is 352. The lowest BCUT2D eigenvalue weighted by atomic mass is 9.60. The van der Waals surface area contributed by atoms with Gasteiger partial charge in [-0.2, -0.15) is 26.3 Å². The van der Waals surface area contributed by atoms with E-state index in [9.17, 15) is 39.5 Å². The van der Waals surface area contributed by atoms with E-state index in [-0.39, 0.29) is 13.8 Å². The molecule has 1 fully saturated rings. The van der Waals surface area contributed by atoms with Crippen molar-refractivity contribution in [2.45, 2.75) is 62.0 Å². The molecule has 1 aliphatic carbocycles. The van der Waals surface area contributed by atoms with Gasteiger partial charge in [-0.25, -0.2) is 13.2 Å². The number of alkyl halides is 9. The molecule has 1 saturated carbocycles. The van der Waals surface area contributed by atoms with Crippen molar-refractivity contribution in [3.63, 3.8) is 0 Å². The maximum atomic E-state index is 14.1. The summed E-state index contributed by atoms with van der Waals surface area (Å²) in [4.78, 5) is 0. The van der Waals surface area contributed by atoms with Crippen molar-refractivity contribution in [3.8, 4) is 0 Å². The van der Waals surface area contributed by atoms with Crippen LogP contribution in [0.15, 0.2) is 0 Å². The highest BCUT2D eigenvalue weighted by atomic mass is 19.4. The molecule has 0 bridgehead atoms. The molecular formula is C10H11F9. The summed E-state index contributed by atoms with van der Waals surface area (Å²) in [6.45, 7) is -0.0553. The molecule has 1 aliphatic rings. The van der Waals surface area contributed by atoms with E-state index >= 15 is 0 Å². The molecular weight excluding hydrogens is 291 g/mol. The van der Waals surface area contributed by atoms with Crippen LogP contribution >= 0.6 is 0 Å². The standard InChI is InChI=1S/C10H11F9/c1-4-7(13)5(2,11)8(14,15)10(18,19)9(16,17)6(7,3)12/h4H2,1-3H3. The van der Waals surface area contributed by atoms with Gasteiger partial charge in [-0.15, -0.1) is 0 Å². The van der Waals surface area contributed by atoms with Crippen molar-refractivity contribution < 1.29 is 39.5 Å². The van der Waals surface area contributed by atoms with Gasteiger partial charge in [-0.1, -0.05) is 6.92 Å². The van der Waals surface area contributed by atoms with Gasteiger partial charge in [-0.3, -0.25) is 0 Å². The molecule has 0 nitrogen and oxygen atoms in total. The fourth-order valence-electron chi connectivity index (χ4n) is 2.39. The summed E-state index contributed by atoms with van der Waals surface area (Å²) in [5, 5.41) is 0. The number of hydrogen-bond acceptors (Lipinski definition) is 0. The van der Waals surface area contributed by atoms with Crippen LogP contribution in [0.3, 0.4) is 0 Å². The summed E-state index contributed by atoms with van der Waals surface area (Å²) in [7, 11) is 0. The second-order valence-electron chi connectivity index (χ2n) is 4.88. The minimum absolute atomic E-state index is 0.336. The van der Waals surface area contributed by atoms with Crippen molar-refractivity contribution in [3.05, 3.63) is 0 Å². The lowest BCUT2D eigenvalue weighted by Gasteiger charge is -2.57. The van der Waals surface area contributed by atoms with Gasteiger partial charge in [0.05, 0.1) is 0 Å². The molecule has 0 aromatic rings. The normalized spacial score (nSPS) is 48.0. The molecule has 0 radical (unpaired) electrons. The highest BCUT2D eigenvalue weighted by Gasteiger charge is 2.95. The van der Waals surface area contributed by atoms with Gasteiger partial charge in [-0.05, 0) is 20.3 Å². The lowest BCUT2D eigenvalue weighted by molar-refractivity contribution is -0.435. The monoisotopic (exact) mass is 302 g/mol. The van der Waals surface area contributed by atoms with Crippen LogP contribution in [0.5, 0.6) is 0 Å². The number of hydrogen-bond donors (Lipinski definition) is 0. The first-order chi connectivity index (χ1) is 8.06. The van der Waals surface area contributed by atoms with E-state index in [2.05, 4.69) is 0 Å². The van der Waals surface area contributed by atoms with Gasteiger partial charge in [0.2, 0.25) is 11.3 Å². The Balaban J connectivity index is 3.76. The van der Waals surface area contributed by atoms with E-state index in [1.54, 1.807) is 0 Å². The van der Waals surface area contributed by atoms with E-state index in [0.29, 0.717) is 6.92 Å². The Morgan fingerprint density at radius 1 is 0.579 bits per heavy atom. The average molecular weight is 302 g/mol. The molecule has 2 atom stereocenters. The third-order valence-corrected chi connectivity index (χ3v) is 3.94. The minimum Gasteiger partial charge on any atom is -0.236 e. The van der Waals surface area contributed by atoms with Gasteiger partial charge in [0, 0.05) is 0 Å². The molecule has 0 aromatic carbocycles. The molecule has 0 amide bonds. The van der Waals surface area contributed by atoms with Crippen molar-refractivity contribution in [1.82, 2.24) is 0 Å². The molecule has 0 saturated heterocycles. The Kier molecular flexibility index (Phi) is 3.04. The second-order valence-corrected chi connectivity index (χ2v) is 4.88. The van der Waals surface area contributed by atoms with Gasteiger partial charge in [0.1, 0.15) is 0 Å². The van der Waals surface area contributed by atoms with Crippen LogP contribution in [0.1, 0.15) is 27.2 Å². The van der Waals surface area contributed by atoms with Gasteiger partial charge in [0.15, 0.2) is 5.67 Å². The summed E-state index contributed by atoms with van der Waals surface area (Å²) < 4.78 is 121.